The number of hydrogen-bond donors (Lipinski definition) is 2. The van der Waals surface area contributed by atoms with Crippen molar-refractivity contribution in [2.75, 3.05) is 0 Å². The van der Waals surface area contributed by atoms with Crippen molar-refractivity contribution in [3.8, 4) is 0 Å². The minimum absolute atomic E-state index is 0.146. The zero-order valence-electron chi connectivity index (χ0n) is 19.3. The number of aromatic nitrogens is 2. The summed E-state index contributed by atoms with van der Waals surface area (Å²) >= 11 is 0. The topological polar surface area (TPSA) is 92.2 Å². The molecule has 0 radical (unpaired) electrons. The fourth-order valence-corrected chi connectivity index (χ4v) is 4.23. The van der Waals surface area contributed by atoms with E-state index < -0.39 is 5.97 Å². The monoisotopic (exact) mass is 455 g/mol. The van der Waals surface area contributed by atoms with Gasteiger partial charge >= 0.3 is 5.97 Å². The average Bonchev–Trinajstić information content (AvgIpc) is 2.85. The molecule has 1 atom stereocenters. The van der Waals surface area contributed by atoms with Gasteiger partial charge in [0.1, 0.15) is 0 Å². The van der Waals surface area contributed by atoms with E-state index in [-0.39, 0.29) is 12.3 Å². The van der Waals surface area contributed by atoms with Gasteiger partial charge in [-0.1, -0.05) is 31.2 Å². The van der Waals surface area contributed by atoms with Crippen molar-refractivity contribution in [3.05, 3.63) is 89.4 Å². The number of allylic oxidation sites excluding steroid dienone is 4. The fraction of sp³-hybridized carbons (Fsp3) is 0.286. The van der Waals surface area contributed by atoms with Gasteiger partial charge in [-0.25, -0.2) is 4.98 Å². The van der Waals surface area contributed by atoms with Gasteiger partial charge in [0.2, 0.25) is 0 Å². The molecule has 0 fully saturated rings. The maximum absolute atomic E-state index is 12.7. The third-order valence-corrected chi connectivity index (χ3v) is 6.00. The average molecular weight is 456 g/mol. The lowest BCUT2D eigenvalue weighted by molar-refractivity contribution is -0.137. The second-order valence-corrected chi connectivity index (χ2v) is 8.81. The number of carboxylic acids is 1. The maximum atomic E-state index is 12.7. The van der Waals surface area contributed by atoms with Gasteiger partial charge in [0, 0.05) is 36.3 Å². The summed E-state index contributed by atoms with van der Waals surface area (Å²) in [5.74, 6) is -0.470. The van der Waals surface area contributed by atoms with Gasteiger partial charge in [-0.3, -0.25) is 14.6 Å². The number of nitrogens with one attached hydrogen (secondary N) is 1. The van der Waals surface area contributed by atoms with E-state index in [1.165, 1.54) is 5.57 Å². The summed E-state index contributed by atoms with van der Waals surface area (Å²) < 4.78 is 0. The number of nitrogens with zero attached hydrogens (tertiary/aromatic N) is 2. The van der Waals surface area contributed by atoms with Gasteiger partial charge in [0.15, 0.2) is 0 Å². The number of hydrogen-bond acceptors (Lipinski definition) is 4. The van der Waals surface area contributed by atoms with E-state index in [4.69, 9.17) is 10.1 Å². The molecule has 0 spiro atoms. The molecule has 4 rings (SSSR count). The quantitative estimate of drug-likeness (QED) is 0.425. The van der Waals surface area contributed by atoms with E-state index in [2.05, 4.69) is 41.5 Å². The molecule has 1 amide bonds. The summed E-state index contributed by atoms with van der Waals surface area (Å²) in [5, 5.41) is 12.8. The maximum Gasteiger partial charge on any atom is 0.303 e. The van der Waals surface area contributed by atoms with Crippen LogP contribution < -0.4 is 5.32 Å². The minimum atomic E-state index is -0.771. The smallest absolute Gasteiger partial charge is 0.303 e. The van der Waals surface area contributed by atoms with Crippen molar-refractivity contribution in [3.63, 3.8) is 0 Å². The third kappa shape index (κ3) is 5.95. The van der Waals surface area contributed by atoms with Crippen molar-refractivity contribution in [1.29, 1.82) is 0 Å². The van der Waals surface area contributed by atoms with E-state index in [9.17, 15) is 9.59 Å². The van der Waals surface area contributed by atoms with Crippen LogP contribution in [-0.4, -0.2) is 27.0 Å². The van der Waals surface area contributed by atoms with Crippen molar-refractivity contribution in [1.82, 2.24) is 15.3 Å². The summed E-state index contributed by atoms with van der Waals surface area (Å²) in [6, 6.07) is 11.5. The van der Waals surface area contributed by atoms with Crippen LogP contribution in [0.4, 0.5) is 0 Å². The van der Waals surface area contributed by atoms with Gasteiger partial charge in [-0.2, -0.15) is 0 Å². The summed E-state index contributed by atoms with van der Waals surface area (Å²) in [6.07, 6.45) is 13.1. The molecule has 34 heavy (non-hydrogen) atoms. The molecule has 1 aliphatic rings. The lowest BCUT2D eigenvalue weighted by atomic mass is 9.90. The highest BCUT2D eigenvalue weighted by Crippen LogP contribution is 2.31. The van der Waals surface area contributed by atoms with Crippen LogP contribution >= 0.6 is 0 Å². The van der Waals surface area contributed by atoms with E-state index in [0.717, 1.165) is 47.0 Å². The van der Waals surface area contributed by atoms with Crippen molar-refractivity contribution in [2.24, 2.45) is 5.92 Å². The van der Waals surface area contributed by atoms with Crippen LogP contribution in [0.25, 0.3) is 16.5 Å². The first-order valence-corrected chi connectivity index (χ1v) is 11.7. The fourth-order valence-electron chi connectivity index (χ4n) is 4.23. The molecule has 2 heterocycles. The van der Waals surface area contributed by atoms with Crippen LogP contribution in [-0.2, 0) is 17.8 Å². The van der Waals surface area contributed by atoms with Gasteiger partial charge < -0.3 is 10.4 Å². The number of rotatable bonds is 9. The van der Waals surface area contributed by atoms with Crippen LogP contribution in [0.2, 0.25) is 0 Å². The van der Waals surface area contributed by atoms with E-state index in [1.807, 2.05) is 30.3 Å². The number of aryl methyl sites for hydroxylation is 1. The van der Waals surface area contributed by atoms with E-state index >= 15 is 0 Å². The molecule has 1 aliphatic carbocycles. The van der Waals surface area contributed by atoms with E-state index in [1.54, 1.807) is 12.4 Å². The first-order valence-electron chi connectivity index (χ1n) is 11.7. The lowest BCUT2D eigenvalue weighted by Crippen LogP contribution is -2.22. The summed E-state index contributed by atoms with van der Waals surface area (Å²) in [4.78, 5) is 32.7. The zero-order valence-corrected chi connectivity index (χ0v) is 19.3. The summed E-state index contributed by atoms with van der Waals surface area (Å²) in [5.41, 5.74) is 5.64. The Morgan fingerprint density at radius 1 is 1.18 bits per heavy atom. The lowest BCUT2D eigenvalue weighted by Gasteiger charge is -2.18. The summed E-state index contributed by atoms with van der Waals surface area (Å²) in [7, 11) is 0. The van der Waals surface area contributed by atoms with E-state index in [0.29, 0.717) is 24.4 Å². The first kappa shape index (κ1) is 23.4. The molecular weight excluding hydrogens is 426 g/mol. The Labute approximate surface area is 199 Å². The van der Waals surface area contributed by atoms with Crippen LogP contribution in [0.5, 0.6) is 0 Å². The number of benzene rings is 1. The number of carboxylic acid groups (broad SMARTS) is 1. The molecule has 2 aromatic heterocycles. The van der Waals surface area contributed by atoms with Crippen LogP contribution in [0.15, 0.2) is 67.0 Å². The molecule has 6 heteroatoms. The van der Waals surface area contributed by atoms with Crippen molar-refractivity contribution >= 4 is 28.4 Å². The molecular formula is C28H29N3O3. The Balaban J connectivity index is 1.59. The molecule has 0 bridgehead atoms. The number of aliphatic carboxylic acids is 1. The summed E-state index contributed by atoms with van der Waals surface area (Å²) in [6.45, 7) is 2.60. The van der Waals surface area contributed by atoms with Crippen LogP contribution in [0.1, 0.15) is 59.8 Å². The number of carbonyl (C=O) groups is 2. The Kier molecular flexibility index (Phi) is 7.48. The third-order valence-electron chi connectivity index (χ3n) is 6.00. The molecule has 6 nitrogen and oxygen atoms in total. The number of carbonyl (C=O) groups excluding carboxylic acids is 1. The Bertz CT molecular complexity index is 1250. The van der Waals surface area contributed by atoms with Crippen LogP contribution in [0.3, 0.4) is 0 Å². The number of amides is 1. The highest BCUT2D eigenvalue weighted by atomic mass is 16.4. The molecule has 174 valence electrons. The molecule has 0 saturated heterocycles. The van der Waals surface area contributed by atoms with Crippen molar-refractivity contribution in [2.45, 2.75) is 45.6 Å². The predicted molar refractivity (Wildman–Crippen MR) is 133 cm³/mol. The van der Waals surface area contributed by atoms with Crippen LogP contribution in [0, 0.1) is 5.92 Å². The molecule has 2 N–H and O–H groups in total. The van der Waals surface area contributed by atoms with Gasteiger partial charge in [-0.05, 0) is 78.6 Å². The standard InChI is InChI=1S/C28H29N3O3/c1-19-6-4-9-21(14-19)27-22(8-2-3-10-26(32)33)15-24-16-23(11-12-25(24)31-27)28(34)30-18-20-7-5-13-29-17-20/h4-7,9,11-13,15-17,19H,2-3,8,10,14,18H2,1H3,(H,30,34)(H,32,33). The zero-order chi connectivity index (χ0) is 23.9. The SMILES string of the molecule is CC1C=CC=C(c2nc3ccc(C(=O)NCc4cccnc4)cc3cc2CCCCC(=O)O)C1. The molecule has 1 aromatic carbocycles. The Hall–Kier alpha value is -3.80. The predicted octanol–water partition coefficient (Wildman–Crippen LogP) is 5.34. The van der Waals surface area contributed by atoms with Crippen molar-refractivity contribution < 1.29 is 14.7 Å². The normalized spacial score (nSPS) is 15.2. The second kappa shape index (κ2) is 10.9. The molecule has 1 unspecified atom stereocenters. The number of fused-ring (bicyclic) bond motifs is 1. The highest BCUT2D eigenvalue weighted by Gasteiger charge is 2.16. The molecule has 0 saturated carbocycles. The number of pyridine rings is 2. The minimum Gasteiger partial charge on any atom is -0.481 e. The second-order valence-electron chi connectivity index (χ2n) is 8.81. The Morgan fingerprint density at radius 2 is 2.06 bits per heavy atom. The number of unbranched alkanes of at least 4 members (excludes halogenated alkanes) is 1. The van der Waals surface area contributed by atoms with Gasteiger partial charge in [0.05, 0.1) is 11.2 Å². The highest BCUT2D eigenvalue weighted by molar-refractivity contribution is 5.98. The van der Waals surface area contributed by atoms with Gasteiger partial charge in [0.25, 0.3) is 5.91 Å². The largest absolute Gasteiger partial charge is 0.481 e. The molecule has 3 aromatic rings. The molecule has 0 aliphatic heterocycles. The Morgan fingerprint density at radius 3 is 2.82 bits per heavy atom. The van der Waals surface area contributed by atoms with Gasteiger partial charge in [-0.15, -0.1) is 0 Å². The first-order chi connectivity index (χ1) is 16.5.